The number of rotatable bonds is 5. The number of hydrogen-bond acceptors (Lipinski definition) is 5. The minimum absolute atomic E-state index is 0.0875. The number of hydrogen-bond donors (Lipinski definition) is 1. The molecule has 2 aromatic rings. The number of nitrogens with one attached hydrogen (secondary N) is 1. The number of thioether (sulfide) groups is 1. The van der Waals surface area contributed by atoms with Crippen LogP contribution in [0.1, 0.15) is 56.7 Å². The van der Waals surface area contributed by atoms with Crippen molar-refractivity contribution in [1.82, 2.24) is 4.90 Å². The van der Waals surface area contributed by atoms with Crippen LogP contribution >= 0.6 is 11.8 Å². The molecule has 1 N–H and O–H groups in total. The molecule has 0 aromatic heterocycles. The van der Waals surface area contributed by atoms with E-state index >= 15 is 0 Å². The van der Waals surface area contributed by atoms with Gasteiger partial charge in [-0.2, -0.15) is 0 Å². The van der Waals surface area contributed by atoms with Gasteiger partial charge in [-0.15, -0.1) is 0 Å². The number of para-hydroxylation sites is 1. The number of carbonyl (C=O) groups is 3. The Kier molecular flexibility index (Phi) is 6.58. The Labute approximate surface area is 205 Å². The van der Waals surface area contributed by atoms with Crippen molar-refractivity contribution in [3.8, 4) is 0 Å². The van der Waals surface area contributed by atoms with Crippen LogP contribution in [0.15, 0.2) is 47.4 Å². The van der Waals surface area contributed by atoms with Crippen molar-refractivity contribution in [3.05, 3.63) is 64.1 Å². The third-order valence-electron chi connectivity index (χ3n) is 6.62. The average molecular weight is 478 g/mol. The van der Waals surface area contributed by atoms with Gasteiger partial charge < -0.3 is 10.2 Å². The highest BCUT2D eigenvalue weighted by Gasteiger charge is 2.37. The minimum Gasteiger partial charge on any atom is -0.366 e. The van der Waals surface area contributed by atoms with E-state index in [1.807, 2.05) is 31.2 Å². The lowest BCUT2D eigenvalue weighted by atomic mass is 9.79. The third-order valence-corrected chi connectivity index (χ3v) is 7.53. The van der Waals surface area contributed by atoms with Crippen LogP contribution in [0.25, 0.3) is 6.08 Å². The van der Waals surface area contributed by atoms with E-state index in [4.69, 9.17) is 0 Å². The first-order valence-corrected chi connectivity index (χ1v) is 12.4. The Morgan fingerprint density at radius 2 is 1.94 bits per heavy atom. The first kappa shape index (κ1) is 24.1. The molecule has 2 aliphatic rings. The number of imide groups is 1. The van der Waals surface area contributed by atoms with Gasteiger partial charge in [0.2, 0.25) is 5.91 Å². The predicted octanol–water partition coefficient (Wildman–Crippen LogP) is 5.78. The number of fused-ring (bicyclic) bond motifs is 1. The average Bonchev–Trinajstić information content (AvgIpc) is 3.02. The second-order valence-corrected chi connectivity index (χ2v) is 10.6. The molecule has 178 valence electrons. The summed E-state index contributed by atoms with van der Waals surface area (Å²) in [6.45, 7) is 11.5. The molecule has 2 aromatic carbocycles. The van der Waals surface area contributed by atoms with Crippen LogP contribution < -0.4 is 10.2 Å². The zero-order valence-corrected chi connectivity index (χ0v) is 21.2. The van der Waals surface area contributed by atoms with Gasteiger partial charge in [0.25, 0.3) is 11.1 Å². The molecule has 2 aliphatic heterocycles. The van der Waals surface area contributed by atoms with Crippen molar-refractivity contribution in [3.63, 3.8) is 0 Å². The van der Waals surface area contributed by atoms with Crippen LogP contribution in [0.2, 0.25) is 0 Å². The summed E-state index contributed by atoms with van der Waals surface area (Å²) in [6.07, 6.45) is 2.80. The molecule has 3 amide bonds. The van der Waals surface area contributed by atoms with Crippen molar-refractivity contribution in [2.24, 2.45) is 0 Å². The van der Waals surface area contributed by atoms with Crippen LogP contribution in [-0.2, 0) is 9.59 Å². The van der Waals surface area contributed by atoms with E-state index in [-0.39, 0.29) is 12.1 Å². The third kappa shape index (κ3) is 4.62. The fourth-order valence-corrected chi connectivity index (χ4v) is 5.87. The van der Waals surface area contributed by atoms with Crippen LogP contribution in [0.5, 0.6) is 0 Å². The van der Waals surface area contributed by atoms with E-state index in [0.717, 1.165) is 40.8 Å². The summed E-state index contributed by atoms with van der Waals surface area (Å²) in [5, 5.41) is 2.35. The second kappa shape index (κ2) is 9.29. The molecule has 2 heterocycles. The maximum absolute atomic E-state index is 12.9. The van der Waals surface area contributed by atoms with E-state index in [0.29, 0.717) is 16.5 Å². The number of aryl methyl sites for hydroxylation is 1. The van der Waals surface area contributed by atoms with Gasteiger partial charge in [0.15, 0.2) is 0 Å². The lowest BCUT2D eigenvalue weighted by molar-refractivity contribution is -0.127. The molecule has 34 heavy (non-hydrogen) atoms. The number of nitrogens with zero attached hydrogens (tertiary/aromatic N) is 2. The maximum Gasteiger partial charge on any atom is 0.294 e. The van der Waals surface area contributed by atoms with Gasteiger partial charge in [-0.1, -0.05) is 31.2 Å². The summed E-state index contributed by atoms with van der Waals surface area (Å²) in [5.41, 5.74) is 5.04. The normalized spacial score (nSPS) is 20.6. The number of anilines is 2. The first-order chi connectivity index (χ1) is 16.1. The van der Waals surface area contributed by atoms with Crippen molar-refractivity contribution < 1.29 is 14.4 Å². The van der Waals surface area contributed by atoms with Gasteiger partial charge in [0.1, 0.15) is 6.54 Å². The standard InChI is InChI=1S/C27H31N3O3S/c1-6-30-22-12-11-19(13-20(22)18(3)15-27(30,4)5)14-23-25(32)29(26(33)34-23)16-24(31)28-21-10-8-7-9-17(21)2/h7-14,18H,6,15-16H2,1-5H3,(H,28,31)/b23-14-/t18-/m1/s1. The topological polar surface area (TPSA) is 69.7 Å². The molecule has 0 bridgehead atoms. The molecule has 4 rings (SSSR count). The van der Waals surface area contributed by atoms with E-state index in [2.05, 4.69) is 50.0 Å². The van der Waals surface area contributed by atoms with Crippen LogP contribution in [0.3, 0.4) is 0 Å². The molecule has 7 heteroatoms. The largest absolute Gasteiger partial charge is 0.366 e. The summed E-state index contributed by atoms with van der Waals surface area (Å²) >= 11 is 0.879. The molecule has 0 saturated carbocycles. The summed E-state index contributed by atoms with van der Waals surface area (Å²) < 4.78 is 0. The van der Waals surface area contributed by atoms with E-state index in [1.54, 1.807) is 12.1 Å². The zero-order chi connectivity index (χ0) is 24.6. The minimum atomic E-state index is -0.433. The lowest BCUT2D eigenvalue weighted by Crippen LogP contribution is -2.48. The van der Waals surface area contributed by atoms with E-state index < -0.39 is 17.1 Å². The Hall–Kier alpha value is -3.06. The number of benzene rings is 2. The summed E-state index contributed by atoms with van der Waals surface area (Å²) in [6, 6.07) is 13.6. The summed E-state index contributed by atoms with van der Waals surface area (Å²) in [5.74, 6) is -0.443. The maximum atomic E-state index is 12.9. The highest BCUT2D eigenvalue weighted by Crippen LogP contribution is 2.44. The Morgan fingerprint density at radius 3 is 2.65 bits per heavy atom. The second-order valence-electron chi connectivity index (χ2n) is 9.61. The van der Waals surface area contributed by atoms with Gasteiger partial charge in [-0.05, 0) is 92.8 Å². The molecule has 0 unspecified atom stereocenters. The zero-order valence-electron chi connectivity index (χ0n) is 20.3. The van der Waals surface area contributed by atoms with Crippen LogP contribution in [0.4, 0.5) is 16.2 Å². The van der Waals surface area contributed by atoms with Crippen LogP contribution in [0, 0.1) is 6.92 Å². The Morgan fingerprint density at radius 1 is 1.21 bits per heavy atom. The fourth-order valence-electron chi connectivity index (χ4n) is 5.03. The fraction of sp³-hybridized carbons (Fsp3) is 0.370. The number of amides is 3. The van der Waals surface area contributed by atoms with Crippen molar-refractivity contribution >= 4 is 46.3 Å². The summed E-state index contributed by atoms with van der Waals surface area (Å²) in [4.78, 5) is 41.7. The van der Waals surface area contributed by atoms with Crippen molar-refractivity contribution in [1.29, 1.82) is 0 Å². The smallest absolute Gasteiger partial charge is 0.294 e. The van der Waals surface area contributed by atoms with Gasteiger partial charge in [0, 0.05) is 23.5 Å². The SMILES string of the molecule is CCN1c2ccc(/C=C3\SC(=O)N(CC(=O)Nc4ccccc4C)C3=O)cc2[C@H](C)CC1(C)C. The van der Waals surface area contributed by atoms with Gasteiger partial charge in [-0.3, -0.25) is 19.3 Å². The van der Waals surface area contributed by atoms with Crippen LogP contribution in [-0.4, -0.2) is 40.6 Å². The predicted molar refractivity (Wildman–Crippen MR) is 139 cm³/mol. The molecule has 6 nitrogen and oxygen atoms in total. The monoisotopic (exact) mass is 477 g/mol. The van der Waals surface area contributed by atoms with Crippen molar-refractivity contribution in [2.45, 2.75) is 52.5 Å². The lowest BCUT2D eigenvalue weighted by Gasteiger charge is -2.47. The number of carbonyl (C=O) groups excluding carboxylic acids is 3. The summed E-state index contributed by atoms with van der Waals surface area (Å²) in [7, 11) is 0. The highest BCUT2D eigenvalue weighted by molar-refractivity contribution is 8.18. The molecular formula is C27H31N3O3S. The Balaban J connectivity index is 1.52. The molecule has 1 saturated heterocycles. The van der Waals surface area contributed by atoms with E-state index in [1.165, 1.54) is 11.3 Å². The van der Waals surface area contributed by atoms with Gasteiger partial charge >= 0.3 is 0 Å². The first-order valence-electron chi connectivity index (χ1n) is 11.6. The van der Waals surface area contributed by atoms with Gasteiger partial charge in [-0.25, -0.2) is 0 Å². The molecular weight excluding hydrogens is 446 g/mol. The molecule has 1 atom stereocenters. The Bertz CT molecular complexity index is 1190. The molecule has 0 aliphatic carbocycles. The van der Waals surface area contributed by atoms with E-state index in [9.17, 15) is 14.4 Å². The highest BCUT2D eigenvalue weighted by atomic mass is 32.2. The molecule has 1 fully saturated rings. The van der Waals surface area contributed by atoms with Gasteiger partial charge in [0.05, 0.1) is 4.91 Å². The molecule has 0 radical (unpaired) electrons. The quantitative estimate of drug-likeness (QED) is 0.553. The van der Waals surface area contributed by atoms with Crippen molar-refractivity contribution in [2.75, 3.05) is 23.3 Å². The molecule has 0 spiro atoms.